The van der Waals surface area contributed by atoms with Gasteiger partial charge in [-0.25, -0.2) is 13.1 Å². The van der Waals surface area contributed by atoms with Gasteiger partial charge in [0.15, 0.2) is 0 Å². The SMILES string of the molecule is CCC(C)(CCBr)NS(=O)(=O)CCOC. The highest BCUT2D eigenvalue weighted by Crippen LogP contribution is 2.17. The topological polar surface area (TPSA) is 55.4 Å². The lowest BCUT2D eigenvalue weighted by molar-refractivity contribution is 0.216. The van der Waals surface area contributed by atoms with Gasteiger partial charge in [-0.3, -0.25) is 0 Å². The molecule has 0 saturated heterocycles. The summed E-state index contributed by atoms with van der Waals surface area (Å²) in [5.41, 5.74) is -0.365. The molecule has 0 aromatic carbocycles. The molecular weight excluding hydrogens is 282 g/mol. The van der Waals surface area contributed by atoms with Gasteiger partial charge in [0.25, 0.3) is 0 Å². The number of hydrogen-bond donors (Lipinski definition) is 1. The third kappa shape index (κ3) is 6.50. The van der Waals surface area contributed by atoms with Crippen LogP contribution in [0.15, 0.2) is 0 Å². The molecule has 1 N–H and O–H groups in total. The van der Waals surface area contributed by atoms with Gasteiger partial charge in [-0.05, 0) is 19.8 Å². The van der Waals surface area contributed by atoms with Gasteiger partial charge in [0.05, 0.1) is 12.4 Å². The summed E-state index contributed by atoms with van der Waals surface area (Å²) in [6, 6.07) is 0. The van der Waals surface area contributed by atoms with E-state index in [9.17, 15) is 8.42 Å². The van der Waals surface area contributed by atoms with Crippen molar-refractivity contribution in [1.29, 1.82) is 0 Å². The van der Waals surface area contributed by atoms with E-state index >= 15 is 0 Å². The summed E-state index contributed by atoms with van der Waals surface area (Å²) in [6.45, 7) is 4.11. The summed E-state index contributed by atoms with van der Waals surface area (Å²) in [7, 11) is -1.74. The fourth-order valence-electron chi connectivity index (χ4n) is 1.13. The van der Waals surface area contributed by atoms with E-state index < -0.39 is 10.0 Å². The lowest BCUT2D eigenvalue weighted by Crippen LogP contribution is -2.47. The lowest BCUT2D eigenvalue weighted by atomic mass is 9.98. The fourth-order valence-corrected chi connectivity index (χ4v) is 3.49. The van der Waals surface area contributed by atoms with Crippen LogP contribution < -0.4 is 4.72 Å². The van der Waals surface area contributed by atoms with Crippen molar-refractivity contribution in [1.82, 2.24) is 4.72 Å². The Kier molecular flexibility index (Phi) is 6.99. The molecule has 0 aliphatic heterocycles. The predicted molar refractivity (Wildman–Crippen MR) is 65.9 cm³/mol. The minimum atomic E-state index is -3.23. The van der Waals surface area contributed by atoms with Crippen molar-refractivity contribution in [3.8, 4) is 0 Å². The van der Waals surface area contributed by atoms with Crippen LogP contribution in [0.25, 0.3) is 0 Å². The Hall–Kier alpha value is 0.350. The maximum Gasteiger partial charge on any atom is 0.214 e. The second-order valence-corrected chi connectivity index (χ2v) is 6.40. The average Bonchev–Trinajstić information content (AvgIpc) is 2.14. The van der Waals surface area contributed by atoms with Crippen LogP contribution in [0.2, 0.25) is 0 Å². The second-order valence-electron chi connectivity index (χ2n) is 3.77. The van der Waals surface area contributed by atoms with E-state index in [1.807, 2.05) is 13.8 Å². The van der Waals surface area contributed by atoms with Gasteiger partial charge >= 0.3 is 0 Å². The average molecular weight is 302 g/mol. The van der Waals surface area contributed by atoms with E-state index in [0.29, 0.717) is 0 Å². The van der Waals surface area contributed by atoms with Crippen molar-refractivity contribution in [3.05, 3.63) is 0 Å². The molecule has 0 radical (unpaired) electrons. The molecule has 0 aromatic heterocycles. The van der Waals surface area contributed by atoms with Crippen LogP contribution in [0.1, 0.15) is 26.7 Å². The molecule has 15 heavy (non-hydrogen) atoms. The number of sulfonamides is 1. The van der Waals surface area contributed by atoms with Gasteiger partial charge in [0.1, 0.15) is 0 Å². The zero-order chi connectivity index (χ0) is 11.9. The predicted octanol–water partition coefficient (Wildman–Crippen LogP) is 1.51. The normalized spacial score (nSPS) is 16.3. The standard InChI is InChI=1S/C9H20BrNO3S/c1-4-9(2,5-6-10)11-15(12,13)8-7-14-3/h11H,4-8H2,1-3H3. The summed E-state index contributed by atoms with van der Waals surface area (Å²) in [4.78, 5) is 0. The van der Waals surface area contributed by atoms with E-state index in [1.54, 1.807) is 0 Å². The molecule has 0 rings (SSSR count). The maximum absolute atomic E-state index is 11.6. The molecule has 0 spiro atoms. The summed E-state index contributed by atoms with van der Waals surface area (Å²) >= 11 is 3.33. The Morgan fingerprint density at radius 2 is 2.07 bits per heavy atom. The number of methoxy groups -OCH3 is 1. The first-order valence-corrected chi connectivity index (χ1v) is 7.73. The summed E-state index contributed by atoms with van der Waals surface area (Å²) in [5.74, 6) is 0.0153. The number of alkyl halides is 1. The number of halogens is 1. The molecule has 0 heterocycles. The summed E-state index contributed by atoms with van der Waals surface area (Å²) in [6.07, 6.45) is 1.54. The highest BCUT2D eigenvalue weighted by molar-refractivity contribution is 9.09. The molecule has 4 nitrogen and oxygen atoms in total. The van der Waals surface area contributed by atoms with Gasteiger partial charge in [-0.2, -0.15) is 0 Å². The van der Waals surface area contributed by atoms with E-state index in [-0.39, 0.29) is 17.9 Å². The zero-order valence-corrected chi connectivity index (χ0v) is 11.9. The molecule has 0 aromatic rings. The quantitative estimate of drug-likeness (QED) is 0.691. The van der Waals surface area contributed by atoms with Crippen LogP contribution in [0, 0.1) is 0 Å². The van der Waals surface area contributed by atoms with Crippen LogP contribution in [0.3, 0.4) is 0 Å². The Morgan fingerprint density at radius 3 is 2.47 bits per heavy atom. The highest BCUT2D eigenvalue weighted by atomic mass is 79.9. The summed E-state index contributed by atoms with van der Waals surface area (Å²) in [5, 5.41) is 0.782. The fraction of sp³-hybridized carbons (Fsp3) is 1.00. The molecule has 0 aliphatic rings. The third-order valence-electron chi connectivity index (χ3n) is 2.38. The van der Waals surface area contributed by atoms with Crippen molar-refractivity contribution >= 4 is 26.0 Å². The van der Waals surface area contributed by atoms with Gasteiger partial charge in [0, 0.05) is 18.0 Å². The number of nitrogens with one attached hydrogen (secondary N) is 1. The van der Waals surface area contributed by atoms with Crippen LogP contribution in [0.5, 0.6) is 0 Å². The van der Waals surface area contributed by atoms with Crippen LogP contribution >= 0.6 is 15.9 Å². The van der Waals surface area contributed by atoms with Gasteiger partial charge in [-0.15, -0.1) is 0 Å². The second kappa shape index (κ2) is 6.83. The van der Waals surface area contributed by atoms with Crippen molar-refractivity contribution in [3.63, 3.8) is 0 Å². The number of ether oxygens (including phenoxy) is 1. The molecule has 1 unspecified atom stereocenters. The first-order chi connectivity index (χ1) is 6.89. The summed E-state index contributed by atoms with van der Waals surface area (Å²) < 4.78 is 30.7. The lowest BCUT2D eigenvalue weighted by Gasteiger charge is -2.28. The van der Waals surface area contributed by atoms with Crippen molar-refractivity contribution in [2.75, 3.05) is 24.8 Å². The minimum Gasteiger partial charge on any atom is -0.384 e. The Balaban J connectivity index is 4.39. The third-order valence-corrected chi connectivity index (χ3v) is 4.29. The minimum absolute atomic E-state index is 0.0153. The first-order valence-electron chi connectivity index (χ1n) is 4.95. The number of rotatable bonds is 8. The first kappa shape index (κ1) is 15.3. The molecule has 0 saturated carbocycles. The van der Waals surface area contributed by atoms with E-state index in [0.717, 1.165) is 18.2 Å². The van der Waals surface area contributed by atoms with Gasteiger partial charge < -0.3 is 4.74 Å². The highest BCUT2D eigenvalue weighted by Gasteiger charge is 2.26. The van der Waals surface area contributed by atoms with Crippen molar-refractivity contribution in [2.24, 2.45) is 0 Å². The van der Waals surface area contributed by atoms with Crippen LogP contribution in [-0.4, -0.2) is 38.8 Å². The van der Waals surface area contributed by atoms with Crippen LogP contribution in [0.4, 0.5) is 0 Å². The molecule has 0 amide bonds. The smallest absolute Gasteiger partial charge is 0.214 e. The maximum atomic E-state index is 11.6. The van der Waals surface area contributed by atoms with Crippen molar-refractivity contribution in [2.45, 2.75) is 32.2 Å². The van der Waals surface area contributed by atoms with Crippen LogP contribution in [-0.2, 0) is 14.8 Å². The Bertz CT molecular complexity index is 269. The monoisotopic (exact) mass is 301 g/mol. The molecular formula is C9H20BrNO3S. The Morgan fingerprint density at radius 1 is 1.47 bits per heavy atom. The molecule has 92 valence electrons. The molecule has 0 aliphatic carbocycles. The zero-order valence-electron chi connectivity index (χ0n) is 9.55. The van der Waals surface area contributed by atoms with Crippen molar-refractivity contribution < 1.29 is 13.2 Å². The van der Waals surface area contributed by atoms with E-state index in [4.69, 9.17) is 4.74 Å². The molecule has 0 fully saturated rings. The largest absolute Gasteiger partial charge is 0.384 e. The molecule has 0 bridgehead atoms. The molecule has 6 heteroatoms. The molecule has 1 atom stereocenters. The van der Waals surface area contributed by atoms with E-state index in [2.05, 4.69) is 20.7 Å². The Labute approximate surface area is 101 Å². The number of hydrogen-bond acceptors (Lipinski definition) is 3. The van der Waals surface area contributed by atoms with Gasteiger partial charge in [0.2, 0.25) is 10.0 Å². The van der Waals surface area contributed by atoms with E-state index in [1.165, 1.54) is 7.11 Å². The van der Waals surface area contributed by atoms with Gasteiger partial charge in [-0.1, -0.05) is 22.9 Å².